The molecule has 1 amide bonds. The average molecular weight is 316 g/mol. The molecule has 1 aromatic rings. The SMILES string of the molecule is CCOC(=O)N1CCC2(CCN(Cc3ccccc3)CC2)CC1. The Labute approximate surface area is 139 Å². The molecule has 0 saturated carbocycles. The van der Waals surface area contributed by atoms with Gasteiger partial charge in [-0.3, -0.25) is 4.90 Å². The zero-order valence-electron chi connectivity index (χ0n) is 14.2. The number of piperidine rings is 2. The Kier molecular flexibility index (Phi) is 5.21. The number of rotatable bonds is 3. The molecule has 1 spiro atoms. The third-order valence-corrected chi connectivity index (χ3v) is 5.52. The fraction of sp³-hybridized carbons (Fsp3) is 0.632. The first-order valence-electron chi connectivity index (χ1n) is 8.89. The molecule has 2 aliphatic rings. The molecule has 3 rings (SSSR count). The highest BCUT2D eigenvalue weighted by Crippen LogP contribution is 2.41. The van der Waals surface area contributed by atoms with Gasteiger partial charge in [-0.05, 0) is 56.7 Å². The number of hydrogen-bond acceptors (Lipinski definition) is 3. The van der Waals surface area contributed by atoms with E-state index in [0.29, 0.717) is 12.0 Å². The summed E-state index contributed by atoms with van der Waals surface area (Å²) in [5.74, 6) is 0. The summed E-state index contributed by atoms with van der Waals surface area (Å²) in [4.78, 5) is 16.3. The van der Waals surface area contributed by atoms with Crippen LogP contribution in [0.1, 0.15) is 38.2 Å². The second-order valence-electron chi connectivity index (χ2n) is 6.95. The zero-order valence-corrected chi connectivity index (χ0v) is 14.2. The van der Waals surface area contributed by atoms with Crippen LogP contribution >= 0.6 is 0 Å². The van der Waals surface area contributed by atoms with Crippen LogP contribution in [0.5, 0.6) is 0 Å². The fourth-order valence-corrected chi connectivity index (χ4v) is 3.91. The lowest BCUT2D eigenvalue weighted by atomic mass is 9.71. The van der Waals surface area contributed by atoms with Crippen molar-refractivity contribution >= 4 is 6.09 Å². The van der Waals surface area contributed by atoms with Crippen molar-refractivity contribution < 1.29 is 9.53 Å². The number of carbonyl (C=O) groups is 1. The summed E-state index contributed by atoms with van der Waals surface area (Å²) >= 11 is 0. The van der Waals surface area contributed by atoms with E-state index in [-0.39, 0.29) is 6.09 Å². The van der Waals surface area contributed by atoms with E-state index in [4.69, 9.17) is 4.74 Å². The van der Waals surface area contributed by atoms with Crippen molar-refractivity contribution in [2.75, 3.05) is 32.8 Å². The largest absolute Gasteiger partial charge is 0.450 e. The van der Waals surface area contributed by atoms with Gasteiger partial charge >= 0.3 is 6.09 Å². The number of hydrogen-bond donors (Lipinski definition) is 0. The van der Waals surface area contributed by atoms with Crippen molar-refractivity contribution in [3.8, 4) is 0 Å². The van der Waals surface area contributed by atoms with Crippen molar-refractivity contribution in [1.29, 1.82) is 0 Å². The van der Waals surface area contributed by atoms with Gasteiger partial charge in [0.05, 0.1) is 6.61 Å². The van der Waals surface area contributed by atoms with Gasteiger partial charge in [-0.25, -0.2) is 4.79 Å². The summed E-state index contributed by atoms with van der Waals surface area (Å²) in [6.07, 6.45) is 4.65. The molecule has 2 heterocycles. The van der Waals surface area contributed by atoms with Crippen molar-refractivity contribution in [2.24, 2.45) is 5.41 Å². The topological polar surface area (TPSA) is 32.8 Å². The quantitative estimate of drug-likeness (QED) is 0.855. The minimum absolute atomic E-state index is 0.135. The third-order valence-electron chi connectivity index (χ3n) is 5.52. The van der Waals surface area contributed by atoms with Crippen LogP contribution < -0.4 is 0 Å². The molecular weight excluding hydrogens is 288 g/mol. The van der Waals surface area contributed by atoms with Gasteiger partial charge in [-0.2, -0.15) is 0 Å². The summed E-state index contributed by atoms with van der Waals surface area (Å²) < 4.78 is 5.12. The van der Waals surface area contributed by atoms with Gasteiger partial charge in [-0.1, -0.05) is 30.3 Å². The number of likely N-dealkylation sites (tertiary alicyclic amines) is 2. The fourth-order valence-electron chi connectivity index (χ4n) is 3.91. The average Bonchev–Trinajstić information content (AvgIpc) is 2.59. The van der Waals surface area contributed by atoms with Crippen LogP contribution in [0.25, 0.3) is 0 Å². The molecule has 0 aromatic heterocycles. The summed E-state index contributed by atoms with van der Waals surface area (Å²) in [5.41, 5.74) is 1.86. The molecule has 0 atom stereocenters. The van der Waals surface area contributed by atoms with Gasteiger partial charge < -0.3 is 9.64 Å². The number of ether oxygens (including phenoxy) is 1. The van der Waals surface area contributed by atoms with Gasteiger partial charge in [0.25, 0.3) is 0 Å². The van der Waals surface area contributed by atoms with Gasteiger partial charge in [0, 0.05) is 19.6 Å². The Hall–Kier alpha value is -1.55. The first-order chi connectivity index (χ1) is 11.2. The highest BCUT2D eigenvalue weighted by Gasteiger charge is 2.38. The predicted octanol–water partition coefficient (Wildman–Crippen LogP) is 3.52. The molecule has 0 unspecified atom stereocenters. The molecule has 4 heteroatoms. The minimum atomic E-state index is -0.135. The minimum Gasteiger partial charge on any atom is -0.450 e. The molecule has 0 N–H and O–H groups in total. The van der Waals surface area contributed by atoms with E-state index in [9.17, 15) is 4.79 Å². The summed E-state index contributed by atoms with van der Waals surface area (Å²) in [7, 11) is 0. The summed E-state index contributed by atoms with van der Waals surface area (Å²) in [6.45, 7) is 7.46. The van der Waals surface area contributed by atoms with E-state index in [1.54, 1.807) is 0 Å². The van der Waals surface area contributed by atoms with Gasteiger partial charge in [0.15, 0.2) is 0 Å². The van der Waals surface area contributed by atoms with Crippen LogP contribution in [-0.4, -0.2) is 48.7 Å². The van der Waals surface area contributed by atoms with E-state index in [1.165, 1.54) is 31.5 Å². The maximum atomic E-state index is 11.8. The Morgan fingerprint density at radius 3 is 2.26 bits per heavy atom. The maximum absolute atomic E-state index is 11.8. The van der Waals surface area contributed by atoms with Gasteiger partial charge in [0.1, 0.15) is 0 Å². The van der Waals surface area contributed by atoms with Crippen LogP contribution in [0.15, 0.2) is 30.3 Å². The highest BCUT2D eigenvalue weighted by atomic mass is 16.6. The van der Waals surface area contributed by atoms with Crippen LogP contribution in [0.4, 0.5) is 4.79 Å². The molecule has 2 aliphatic heterocycles. The van der Waals surface area contributed by atoms with E-state index in [0.717, 1.165) is 32.5 Å². The molecule has 0 radical (unpaired) electrons. The molecule has 0 aliphatic carbocycles. The van der Waals surface area contributed by atoms with E-state index in [1.807, 2.05) is 11.8 Å². The zero-order chi connectivity index (χ0) is 16.1. The number of nitrogens with zero attached hydrogens (tertiary/aromatic N) is 2. The van der Waals surface area contributed by atoms with E-state index < -0.39 is 0 Å². The second-order valence-corrected chi connectivity index (χ2v) is 6.95. The lowest BCUT2D eigenvalue weighted by molar-refractivity contribution is 0.0269. The van der Waals surface area contributed by atoms with Crippen molar-refractivity contribution in [3.63, 3.8) is 0 Å². The molecule has 1 aromatic carbocycles. The van der Waals surface area contributed by atoms with Crippen LogP contribution in [0.3, 0.4) is 0 Å². The number of benzene rings is 1. The monoisotopic (exact) mass is 316 g/mol. The van der Waals surface area contributed by atoms with Crippen LogP contribution in [0.2, 0.25) is 0 Å². The Balaban J connectivity index is 1.47. The Morgan fingerprint density at radius 1 is 1.04 bits per heavy atom. The molecule has 126 valence electrons. The molecule has 2 fully saturated rings. The van der Waals surface area contributed by atoms with E-state index in [2.05, 4.69) is 35.2 Å². The predicted molar refractivity (Wildman–Crippen MR) is 91.2 cm³/mol. The molecule has 4 nitrogen and oxygen atoms in total. The standard InChI is InChI=1S/C19H28N2O2/c1-2-23-18(22)21-14-10-19(11-15-21)8-12-20(13-9-19)16-17-6-4-3-5-7-17/h3-7H,2,8-16H2,1H3. The first kappa shape index (κ1) is 16.3. The molecule has 0 bridgehead atoms. The van der Waals surface area contributed by atoms with Crippen molar-refractivity contribution in [3.05, 3.63) is 35.9 Å². The smallest absolute Gasteiger partial charge is 0.409 e. The molecule has 2 saturated heterocycles. The summed E-state index contributed by atoms with van der Waals surface area (Å²) in [6, 6.07) is 10.7. The van der Waals surface area contributed by atoms with Crippen LogP contribution in [-0.2, 0) is 11.3 Å². The molecule has 23 heavy (non-hydrogen) atoms. The normalized spacial score (nSPS) is 21.3. The lowest BCUT2D eigenvalue weighted by Gasteiger charge is -2.46. The second kappa shape index (κ2) is 7.35. The van der Waals surface area contributed by atoms with Crippen molar-refractivity contribution in [2.45, 2.75) is 39.2 Å². The van der Waals surface area contributed by atoms with E-state index >= 15 is 0 Å². The van der Waals surface area contributed by atoms with Gasteiger partial charge in [-0.15, -0.1) is 0 Å². The Morgan fingerprint density at radius 2 is 1.65 bits per heavy atom. The molecular formula is C19H28N2O2. The lowest BCUT2D eigenvalue weighted by Crippen LogP contribution is -2.48. The first-order valence-corrected chi connectivity index (χ1v) is 8.89. The summed E-state index contributed by atoms with van der Waals surface area (Å²) in [5, 5.41) is 0. The number of carbonyl (C=O) groups excluding carboxylic acids is 1. The van der Waals surface area contributed by atoms with Crippen molar-refractivity contribution in [1.82, 2.24) is 9.80 Å². The number of amides is 1. The highest BCUT2D eigenvalue weighted by molar-refractivity contribution is 5.67. The third kappa shape index (κ3) is 4.05. The van der Waals surface area contributed by atoms with Gasteiger partial charge in [0.2, 0.25) is 0 Å². The Bertz CT molecular complexity index is 499. The maximum Gasteiger partial charge on any atom is 0.409 e. The van der Waals surface area contributed by atoms with Crippen LogP contribution in [0, 0.1) is 5.41 Å².